The molecule has 1 aliphatic rings. The quantitative estimate of drug-likeness (QED) is 0.0210. The van der Waals surface area contributed by atoms with Crippen molar-refractivity contribution in [1.29, 1.82) is 0 Å². The average Bonchev–Trinajstić information content (AvgIpc) is 3.18. The minimum atomic E-state index is -1.60. The van der Waals surface area contributed by atoms with Crippen molar-refractivity contribution in [2.24, 2.45) is 0 Å². The smallest absolute Gasteiger partial charge is 0.306 e. The molecule has 0 spiro atoms. The highest BCUT2D eigenvalue weighted by Crippen LogP contribution is 2.22. The van der Waals surface area contributed by atoms with Crippen molar-refractivity contribution in [3.63, 3.8) is 0 Å². The molecule has 0 aromatic heterocycles. The van der Waals surface area contributed by atoms with E-state index in [2.05, 4.69) is 43.9 Å². The number of aliphatic hydroxyl groups is 4. The minimum absolute atomic E-state index is 0.206. The molecule has 1 fully saturated rings. The first-order valence-corrected chi connectivity index (χ1v) is 22.2. The second-order valence-corrected chi connectivity index (χ2v) is 15.2. The molecule has 0 bridgehead atoms. The maximum Gasteiger partial charge on any atom is 0.306 e. The lowest BCUT2D eigenvalue weighted by Gasteiger charge is -2.39. The number of hydrogen-bond acceptors (Lipinski definition) is 10. The van der Waals surface area contributed by atoms with E-state index < -0.39 is 55.4 Å². The van der Waals surface area contributed by atoms with Gasteiger partial charge < -0.3 is 39.4 Å². The van der Waals surface area contributed by atoms with Crippen LogP contribution >= 0.6 is 0 Å². The molecular weight excluding hydrogens is 700 g/mol. The van der Waals surface area contributed by atoms with Gasteiger partial charge in [-0.15, -0.1) is 5.73 Å². The van der Waals surface area contributed by atoms with Crippen LogP contribution in [0.5, 0.6) is 0 Å². The molecule has 0 saturated carbocycles. The average molecular weight is 781 g/mol. The predicted molar refractivity (Wildman–Crippen MR) is 218 cm³/mol. The second kappa shape index (κ2) is 36.3. The van der Waals surface area contributed by atoms with Crippen LogP contribution in [0.15, 0.2) is 30.0 Å². The molecule has 1 rings (SSSR count). The molecule has 4 N–H and O–H groups in total. The van der Waals surface area contributed by atoms with Gasteiger partial charge in [0.2, 0.25) is 0 Å². The van der Waals surface area contributed by atoms with Crippen LogP contribution in [0.25, 0.3) is 0 Å². The molecule has 0 aromatic rings. The first-order valence-electron chi connectivity index (χ1n) is 22.2. The number of carbonyl (C=O) groups excluding carboxylic acids is 2. The van der Waals surface area contributed by atoms with Gasteiger partial charge in [0.05, 0.1) is 13.2 Å². The SMILES string of the molecule is CCCCCCCC=C=CCCCCCCCC(=O)OC[C@@H](CO[C@H]1O[C@@H](CO)[C@@H](O)C(O)C1O)OC(=O)CCCCC/C=C/CCCCCCCCCC. The van der Waals surface area contributed by atoms with Gasteiger partial charge in [-0.2, -0.15) is 0 Å². The third-order valence-corrected chi connectivity index (χ3v) is 10.1. The highest BCUT2D eigenvalue weighted by molar-refractivity contribution is 5.70. The summed E-state index contributed by atoms with van der Waals surface area (Å²) in [5.74, 6) is -0.844. The van der Waals surface area contributed by atoms with Crippen LogP contribution in [0.1, 0.15) is 187 Å². The fourth-order valence-corrected chi connectivity index (χ4v) is 6.51. The third kappa shape index (κ3) is 28.1. The molecule has 1 saturated heterocycles. The molecule has 320 valence electrons. The zero-order valence-electron chi connectivity index (χ0n) is 34.7. The molecular formula is C45H80O10. The van der Waals surface area contributed by atoms with Crippen molar-refractivity contribution in [2.75, 3.05) is 19.8 Å². The summed E-state index contributed by atoms with van der Waals surface area (Å²) < 4.78 is 22.1. The maximum atomic E-state index is 12.7. The number of hydrogen-bond donors (Lipinski definition) is 4. The molecule has 6 atom stereocenters. The van der Waals surface area contributed by atoms with E-state index in [4.69, 9.17) is 18.9 Å². The lowest BCUT2D eigenvalue weighted by atomic mass is 9.99. The fraction of sp³-hybridized carbons (Fsp3) is 0.844. The predicted octanol–water partition coefficient (Wildman–Crippen LogP) is 9.10. The molecule has 10 nitrogen and oxygen atoms in total. The van der Waals surface area contributed by atoms with Crippen LogP contribution < -0.4 is 0 Å². The zero-order valence-corrected chi connectivity index (χ0v) is 34.7. The molecule has 0 aromatic carbocycles. The lowest BCUT2D eigenvalue weighted by Crippen LogP contribution is -2.59. The summed E-state index contributed by atoms with van der Waals surface area (Å²) in [7, 11) is 0. The highest BCUT2D eigenvalue weighted by atomic mass is 16.7. The molecule has 0 amide bonds. The van der Waals surface area contributed by atoms with Crippen LogP contribution in [0.3, 0.4) is 0 Å². The van der Waals surface area contributed by atoms with E-state index in [-0.39, 0.29) is 26.1 Å². The standard InChI is InChI=1S/C45H80O10/c1-3-5-7-9-11-13-15-17-19-21-23-25-27-29-31-33-40(47)52-36-38(37-53-45-44(51)43(50)42(49)39(35-46)55-45)54-41(48)34-32-30-28-26-24-22-20-18-16-14-12-10-8-6-4-2/h15,19,22,24,38-39,42-46,49-51H,3-14,16,18,20-21,23,25-37H2,1-2H3/b24-22+/t17?,38-,39-,42+,43?,44?,45-/m0/s1. The number of unbranched alkanes of at least 4 members (excludes halogenated alkanes) is 21. The number of ether oxygens (including phenoxy) is 4. The van der Waals surface area contributed by atoms with Gasteiger partial charge in [-0.1, -0.05) is 122 Å². The molecule has 55 heavy (non-hydrogen) atoms. The van der Waals surface area contributed by atoms with Crippen molar-refractivity contribution in [3.8, 4) is 0 Å². The van der Waals surface area contributed by atoms with E-state index in [0.717, 1.165) is 64.2 Å². The number of aliphatic hydroxyl groups excluding tert-OH is 4. The summed E-state index contributed by atoms with van der Waals surface area (Å²) in [6.07, 6.45) is 29.6. The van der Waals surface area contributed by atoms with Crippen molar-refractivity contribution in [1.82, 2.24) is 0 Å². The van der Waals surface area contributed by atoms with E-state index in [1.807, 2.05) is 0 Å². The van der Waals surface area contributed by atoms with E-state index in [9.17, 15) is 30.0 Å². The van der Waals surface area contributed by atoms with Crippen molar-refractivity contribution >= 4 is 11.9 Å². The first-order chi connectivity index (χ1) is 26.8. The fourth-order valence-electron chi connectivity index (χ4n) is 6.51. The zero-order chi connectivity index (χ0) is 40.2. The third-order valence-electron chi connectivity index (χ3n) is 10.1. The summed E-state index contributed by atoms with van der Waals surface area (Å²) in [5, 5.41) is 40.0. The van der Waals surface area contributed by atoms with Crippen LogP contribution in [0, 0.1) is 0 Å². The van der Waals surface area contributed by atoms with Gasteiger partial charge in [0.1, 0.15) is 31.0 Å². The van der Waals surface area contributed by atoms with Crippen molar-refractivity contribution in [2.45, 2.75) is 224 Å². The topological polar surface area (TPSA) is 152 Å². The Labute approximate surface area is 334 Å². The van der Waals surface area contributed by atoms with Gasteiger partial charge in [-0.25, -0.2) is 0 Å². The van der Waals surface area contributed by atoms with Gasteiger partial charge >= 0.3 is 11.9 Å². The van der Waals surface area contributed by atoms with Crippen LogP contribution in [-0.4, -0.2) is 89.0 Å². The Morgan fingerprint density at radius 2 is 1.07 bits per heavy atom. The van der Waals surface area contributed by atoms with Gasteiger partial charge in [0.15, 0.2) is 12.4 Å². The Bertz CT molecular complexity index is 1010. The largest absolute Gasteiger partial charge is 0.462 e. The summed E-state index contributed by atoms with van der Waals surface area (Å²) in [4.78, 5) is 25.3. The number of carbonyl (C=O) groups is 2. The summed E-state index contributed by atoms with van der Waals surface area (Å²) in [6, 6.07) is 0. The Hall–Kier alpha value is -2.04. The van der Waals surface area contributed by atoms with Crippen molar-refractivity contribution in [3.05, 3.63) is 30.0 Å². The highest BCUT2D eigenvalue weighted by Gasteiger charge is 2.44. The Morgan fingerprint density at radius 3 is 1.62 bits per heavy atom. The van der Waals surface area contributed by atoms with Gasteiger partial charge in [-0.3, -0.25) is 9.59 Å². The van der Waals surface area contributed by atoms with E-state index in [1.54, 1.807) is 0 Å². The van der Waals surface area contributed by atoms with E-state index >= 15 is 0 Å². The van der Waals surface area contributed by atoms with Gasteiger partial charge in [-0.05, 0) is 76.4 Å². The second-order valence-electron chi connectivity index (χ2n) is 15.2. The first kappa shape index (κ1) is 51.0. The molecule has 10 heteroatoms. The molecule has 1 heterocycles. The van der Waals surface area contributed by atoms with Gasteiger partial charge in [0.25, 0.3) is 0 Å². The molecule has 2 unspecified atom stereocenters. The number of rotatable bonds is 36. The Morgan fingerprint density at radius 1 is 0.600 bits per heavy atom. The monoisotopic (exact) mass is 781 g/mol. The molecule has 0 radical (unpaired) electrons. The molecule has 0 aliphatic carbocycles. The minimum Gasteiger partial charge on any atom is -0.462 e. The molecule has 1 aliphatic heterocycles. The van der Waals surface area contributed by atoms with Crippen LogP contribution in [0.2, 0.25) is 0 Å². The Balaban J connectivity index is 2.37. The number of esters is 2. The summed E-state index contributed by atoms with van der Waals surface area (Å²) >= 11 is 0. The number of allylic oxidation sites excluding steroid dienone is 3. The van der Waals surface area contributed by atoms with E-state index in [0.29, 0.717) is 12.8 Å². The van der Waals surface area contributed by atoms with E-state index in [1.165, 1.54) is 83.5 Å². The van der Waals surface area contributed by atoms with Crippen LogP contribution in [0.4, 0.5) is 0 Å². The maximum absolute atomic E-state index is 12.7. The van der Waals surface area contributed by atoms with Gasteiger partial charge in [0, 0.05) is 12.8 Å². The summed E-state index contributed by atoms with van der Waals surface area (Å²) in [5.41, 5.74) is 3.29. The summed E-state index contributed by atoms with van der Waals surface area (Å²) in [6.45, 7) is 3.37. The lowest BCUT2D eigenvalue weighted by molar-refractivity contribution is -0.305. The Kier molecular flexibility index (Phi) is 33.7. The van der Waals surface area contributed by atoms with Crippen LogP contribution in [-0.2, 0) is 28.5 Å². The van der Waals surface area contributed by atoms with Crippen molar-refractivity contribution < 1.29 is 49.0 Å². The normalized spacial score (nSPS) is 20.3.